The summed E-state index contributed by atoms with van der Waals surface area (Å²) in [6.45, 7) is 1.71. The molecule has 0 radical (unpaired) electrons. The zero-order chi connectivity index (χ0) is 12.3. The molecule has 0 saturated heterocycles. The van der Waals surface area contributed by atoms with Crippen molar-refractivity contribution in [1.29, 1.82) is 0 Å². The maximum Gasteiger partial charge on any atom is 0.273 e. The van der Waals surface area contributed by atoms with Gasteiger partial charge >= 0.3 is 0 Å². The average molecular weight is 244 g/mol. The van der Waals surface area contributed by atoms with Crippen molar-refractivity contribution in [3.63, 3.8) is 0 Å². The van der Waals surface area contributed by atoms with E-state index in [-0.39, 0.29) is 17.0 Å². The Morgan fingerprint density at radius 2 is 2.06 bits per heavy atom. The van der Waals surface area contributed by atoms with E-state index in [9.17, 15) is 18.5 Å². The van der Waals surface area contributed by atoms with Crippen LogP contribution in [0.2, 0.25) is 0 Å². The summed E-state index contributed by atoms with van der Waals surface area (Å²) in [7, 11) is -2.22. The van der Waals surface area contributed by atoms with Crippen molar-refractivity contribution >= 4 is 15.7 Å². The fraction of sp³-hybridized carbons (Fsp3) is 0.333. The molecule has 0 spiro atoms. The first-order valence-electron chi connectivity index (χ1n) is 4.51. The van der Waals surface area contributed by atoms with Gasteiger partial charge in [-0.05, 0) is 19.5 Å². The lowest BCUT2D eigenvalue weighted by atomic mass is 10.1. The van der Waals surface area contributed by atoms with Gasteiger partial charge < -0.3 is 0 Å². The van der Waals surface area contributed by atoms with Gasteiger partial charge in [0.05, 0.1) is 10.7 Å². The number of rotatable bonds is 4. The van der Waals surface area contributed by atoms with Gasteiger partial charge in [0.15, 0.2) is 0 Å². The van der Waals surface area contributed by atoms with Gasteiger partial charge in [0.1, 0.15) is 0 Å². The van der Waals surface area contributed by atoms with Gasteiger partial charge in [-0.25, -0.2) is 13.1 Å². The first-order chi connectivity index (χ1) is 7.35. The largest absolute Gasteiger partial charge is 0.273 e. The van der Waals surface area contributed by atoms with Crippen molar-refractivity contribution in [2.45, 2.75) is 12.7 Å². The lowest BCUT2D eigenvalue weighted by Gasteiger charge is -2.04. The third-order valence-corrected chi connectivity index (χ3v) is 3.41. The fourth-order valence-corrected chi connectivity index (χ4v) is 2.04. The van der Waals surface area contributed by atoms with Gasteiger partial charge in [0, 0.05) is 11.6 Å². The first kappa shape index (κ1) is 12.6. The van der Waals surface area contributed by atoms with E-state index in [4.69, 9.17) is 0 Å². The van der Waals surface area contributed by atoms with Crippen LogP contribution in [0.15, 0.2) is 18.2 Å². The second-order valence-electron chi connectivity index (χ2n) is 3.35. The molecule has 0 atom stereocenters. The molecule has 0 heterocycles. The molecule has 1 aromatic rings. The Morgan fingerprint density at radius 3 is 2.56 bits per heavy atom. The molecule has 0 aliphatic heterocycles. The highest BCUT2D eigenvalue weighted by molar-refractivity contribution is 7.88. The molecule has 6 nitrogen and oxygen atoms in total. The topological polar surface area (TPSA) is 89.3 Å². The van der Waals surface area contributed by atoms with Crippen LogP contribution in [-0.4, -0.2) is 20.4 Å². The Bertz CT molecular complexity index is 510. The molecule has 0 aromatic heterocycles. The number of hydrogen-bond acceptors (Lipinski definition) is 4. The van der Waals surface area contributed by atoms with Gasteiger partial charge in [-0.1, -0.05) is 12.1 Å². The molecule has 1 aromatic carbocycles. The molecular formula is C9H12N2O4S. The zero-order valence-corrected chi connectivity index (χ0v) is 9.74. The molecule has 1 rings (SSSR count). The zero-order valence-electron chi connectivity index (χ0n) is 8.93. The average Bonchev–Trinajstić information content (AvgIpc) is 2.20. The van der Waals surface area contributed by atoms with Crippen molar-refractivity contribution in [2.24, 2.45) is 0 Å². The van der Waals surface area contributed by atoms with Gasteiger partial charge in [0.25, 0.3) is 5.69 Å². The summed E-state index contributed by atoms with van der Waals surface area (Å²) in [6.07, 6.45) is 0. The molecule has 1 N–H and O–H groups in total. The van der Waals surface area contributed by atoms with Crippen molar-refractivity contribution in [3.05, 3.63) is 39.4 Å². The van der Waals surface area contributed by atoms with Crippen LogP contribution in [-0.2, 0) is 15.8 Å². The van der Waals surface area contributed by atoms with E-state index in [1.807, 2.05) is 0 Å². The van der Waals surface area contributed by atoms with E-state index in [2.05, 4.69) is 4.72 Å². The minimum Gasteiger partial charge on any atom is -0.258 e. The Hall–Kier alpha value is -1.47. The highest BCUT2D eigenvalue weighted by atomic mass is 32.2. The molecule has 0 amide bonds. The fourth-order valence-electron chi connectivity index (χ4n) is 1.24. The van der Waals surface area contributed by atoms with Crippen molar-refractivity contribution in [3.8, 4) is 0 Å². The molecule has 0 aliphatic rings. The lowest BCUT2D eigenvalue weighted by Crippen LogP contribution is -2.20. The van der Waals surface area contributed by atoms with Crippen molar-refractivity contribution in [2.75, 3.05) is 7.05 Å². The smallest absolute Gasteiger partial charge is 0.258 e. The van der Waals surface area contributed by atoms with Gasteiger partial charge in [0.2, 0.25) is 10.0 Å². The predicted molar refractivity (Wildman–Crippen MR) is 59.5 cm³/mol. The third-order valence-electron chi connectivity index (χ3n) is 2.09. The highest BCUT2D eigenvalue weighted by Gasteiger charge is 2.18. The van der Waals surface area contributed by atoms with E-state index < -0.39 is 14.9 Å². The normalized spacial score (nSPS) is 11.4. The maximum atomic E-state index is 11.3. The number of aryl methyl sites for hydroxylation is 1. The summed E-state index contributed by atoms with van der Waals surface area (Å²) in [5, 5.41) is 10.7. The van der Waals surface area contributed by atoms with Crippen molar-refractivity contribution < 1.29 is 13.3 Å². The Balaban J connectivity index is 3.19. The molecule has 0 aliphatic carbocycles. The molecule has 7 heteroatoms. The van der Waals surface area contributed by atoms with Crippen LogP contribution in [0.1, 0.15) is 11.1 Å². The number of benzene rings is 1. The summed E-state index contributed by atoms with van der Waals surface area (Å²) in [4.78, 5) is 10.2. The van der Waals surface area contributed by atoms with Crippen LogP contribution in [0.5, 0.6) is 0 Å². The number of nitro benzene ring substituents is 1. The number of nitro groups is 1. The Labute approximate surface area is 93.5 Å². The number of sulfonamides is 1. The minimum atomic E-state index is -3.50. The second-order valence-corrected chi connectivity index (χ2v) is 5.28. The predicted octanol–water partition coefficient (Wildman–Crippen LogP) is 0.952. The molecule has 0 fully saturated rings. The first-order valence-corrected chi connectivity index (χ1v) is 6.16. The minimum absolute atomic E-state index is 0.168. The van der Waals surface area contributed by atoms with Gasteiger partial charge in [-0.15, -0.1) is 0 Å². The Kier molecular flexibility index (Phi) is 3.61. The molecule has 0 bridgehead atoms. The van der Waals surface area contributed by atoms with E-state index in [0.717, 1.165) is 5.56 Å². The molecule has 88 valence electrons. The second kappa shape index (κ2) is 4.58. The Morgan fingerprint density at radius 1 is 1.44 bits per heavy atom. The van der Waals surface area contributed by atoms with E-state index in [1.54, 1.807) is 13.0 Å². The number of nitrogens with one attached hydrogen (secondary N) is 1. The van der Waals surface area contributed by atoms with Crippen LogP contribution >= 0.6 is 0 Å². The molecular weight excluding hydrogens is 232 g/mol. The maximum absolute atomic E-state index is 11.3. The summed E-state index contributed by atoms with van der Waals surface area (Å²) in [6, 6.07) is 4.47. The third kappa shape index (κ3) is 3.01. The summed E-state index contributed by atoms with van der Waals surface area (Å²) < 4.78 is 24.7. The summed E-state index contributed by atoms with van der Waals surface area (Å²) in [5.41, 5.74) is 0.737. The van der Waals surface area contributed by atoms with Crippen LogP contribution in [0.3, 0.4) is 0 Å². The van der Waals surface area contributed by atoms with Gasteiger partial charge in [-0.2, -0.15) is 0 Å². The van der Waals surface area contributed by atoms with Crippen LogP contribution in [0, 0.1) is 17.0 Å². The summed E-state index contributed by atoms with van der Waals surface area (Å²) in [5.74, 6) is -0.389. The van der Waals surface area contributed by atoms with E-state index in [1.165, 1.54) is 19.2 Å². The SMILES string of the molecule is CNS(=O)(=O)Cc1ccc(C)cc1[N+](=O)[O-]. The van der Waals surface area contributed by atoms with E-state index in [0.29, 0.717) is 0 Å². The van der Waals surface area contributed by atoms with E-state index >= 15 is 0 Å². The van der Waals surface area contributed by atoms with Crippen LogP contribution in [0.4, 0.5) is 5.69 Å². The molecule has 0 saturated carbocycles. The standard InChI is InChI=1S/C9H12N2O4S/c1-7-3-4-8(6-16(14,15)10-2)9(5-7)11(12)13/h3-5,10H,6H2,1-2H3. The quantitative estimate of drug-likeness (QED) is 0.630. The van der Waals surface area contributed by atoms with Crippen LogP contribution in [0.25, 0.3) is 0 Å². The monoisotopic (exact) mass is 244 g/mol. The lowest BCUT2D eigenvalue weighted by molar-refractivity contribution is -0.385. The molecule has 16 heavy (non-hydrogen) atoms. The van der Waals surface area contributed by atoms with Gasteiger partial charge in [-0.3, -0.25) is 10.1 Å². The number of hydrogen-bond donors (Lipinski definition) is 1. The van der Waals surface area contributed by atoms with Crippen LogP contribution < -0.4 is 4.72 Å². The van der Waals surface area contributed by atoms with Crippen molar-refractivity contribution in [1.82, 2.24) is 4.72 Å². The molecule has 0 unspecified atom stereocenters. The number of nitrogens with zero attached hydrogens (tertiary/aromatic N) is 1. The highest BCUT2D eigenvalue weighted by Crippen LogP contribution is 2.21. The summed E-state index contributed by atoms with van der Waals surface area (Å²) >= 11 is 0.